The molecule has 0 aliphatic heterocycles. The molecule has 6 nitrogen and oxygen atoms in total. The third kappa shape index (κ3) is 2.04. The summed E-state index contributed by atoms with van der Waals surface area (Å²) in [5, 5.41) is 20.6. The van der Waals surface area contributed by atoms with E-state index in [1.165, 1.54) is 10.7 Å². The van der Waals surface area contributed by atoms with E-state index in [9.17, 15) is 14.3 Å². The summed E-state index contributed by atoms with van der Waals surface area (Å²) in [6.45, 7) is 1.90. The summed E-state index contributed by atoms with van der Waals surface area (Å²) < 4.78 is 14.8. The number of aromatic nitrogens is 4. The van der Waals surface area contributed by atoms with Gasteiger partial charge < -0.3 is 5.11 Å². The van der Waals surface area contributed by atoms with Gasteiger partial charge in [0.25, 0.3) is 0 Å². The number of nitrogens with zero attached hydrogens (tertiary/aromatic N) is 4. The van der Waals surface area contributed by atoms with Crippen LogP contribution < -0.4 is 0 Å². The van der Waals surface area contributed by atoms with E-state index < -0.39 is 11.4 Å². The van der Waals surface area contributed by atoms with E-state index >= 15 is 0 Å². The summed E-state index contributed by atoms with van der Waals surface area (Å²) >= 11 is 0. The first-order valence-corrected chi connectivity index (χ1v) is 6.28. The smallest absolute Gasteiger partial charge is 0.311 e. The van der Waals surface area contributed by atoms with E-state index in [1.807, 2.05) is 0 Å². The van der Waals surface area contributed by atoms with Crippen molar-refractivity contribution in [1.82, 2.24) is 20.2 Å². The predicted octanol–water partition coefficient (Wildman–Crippen LogP) is 1.65. The van der Waals surface area contributed by atoms with Crippen LogP contribution in [0.15, 0.2) is 18.2 Å². The second-order valence-corrected chi connectivity index (χ2v) is 5.21. The molecule has 20 heavy (non-hydrogen) atoms. The third-order valence-electron chi connectivity index (χ3n) is 3.71. The second kappa shape index (κ2) is 4.36. The molecule has 0 unspecified atom stereocenters. The summed E-state index contributed by atoms with van der Waals surface area (Å²) in [5.41, 5.74) is 0.422. The molecule has 1 fully saturated rings. The maximum atomic E-state index is 13.3. The van der Waals surface area contributed by atoms with Crippen LogP contribution in [0.1, 0.15) is 18.4 Å². The highest BCUT2D eigenvalue weighted by Crippen LogP contribution is 2.47. The lowest BCUT2D eigenvalue weighted by atomic mass is 10.1. The van der Waals surface area contributed by atoms with Crippen LogP contribution in [0.4, 0.5) is 4.39 Å². The fraction of sp³-hybridized carbons (Fsp3) is 0.385. The first-order chi connectivity index (χ1) is 9.52. The van der Waals surface area contributed by atoms with Gasteiger partial charge in [-0.3, -0.25) is 4.79 Å². The fourth-order valence-corrected chi connectivity index (χ4v) is 2.18. The minimum atomic E-state index is -0.825. The highest BCUT2D eigenvalue weighted by molar-refractivity contribution is 5.77. The summed E-state index contributed by atoms with van der Waals surface area (Å²) in [7, 11) is 0. The summed E-state index contributed by atoms with van der Waals surface area (Å²) in [6, 6.07) is 4.59. The topological polar surface area (TPSA) is 80.9 Å². The van der Waals surface area contributed by atoms with Gasteiger partial charge in [-0.1, -0.05) is 0 Å². The highest BCUT2D eigenvalue weighted by atomic mass is 19.1. The lowest BCUT2D eigenvalue weighted by Gasteiger charge is -2.11. The van der Waals surface area contributed by atoms with Gasteiger partial charge in [0, 0.05) is 5.56 Å². The number of benzene rings is 1. The first-order valence-electron chi connectivity index (χ1n) is 6.28. The van der Waals surface area contributed by atoms with Gasteiger partial charge in [-0.2, -0.15) is 0 Å². The molecule has 0 spiro atoms. The number of rotatable bonds is 4. The first kappa shape index (κ1) is 12.7. The molecule has 0 amide bonds. The maximum Gasteiger partial charge on any atom is 0.311 e. The Morgan fingerprint density at radius 3 is 2.85 bits per heavy atom. The van der Waals surface area contributed by atoms with Crippen LogP contribution in [-0.2, 0) is 11.3 Å². The number of carbonyl (C=O) groups is 1. The van der Waals surface area contributed by atoms with Crippen LogP contribution in [0, 0.1) is 18.2 Å². The summed E-state index contributed by atoms with van der Waals surface area (Å²) in [4.78, 5) is 11.2. The van der Waals surface area contributed by atoms with Crippen molar-refractivity contribution in [3.8, 4) is 11.4 Å². The Morgan fingerprint density at radius 1 is 1.50 bits per heavy atom. The maximum absolute atomic E-state index is 13.3. The van der Waals surface area contributed by atoms with Crippen molar-refractivity contribution < 1.29 is 14.3 Å². The van der Waals surface area contributed by atoms with Crippen LogP contribution in [0.25, 0.3) is 11.4 Å². The molecule has 7 heteroatoms. The molecule has 0 radical (unpaired) electrons. The Labute approximate surface area is 114 Å². The molecular formula is C13H13FN4O2. The number of carboxylic acids is 1. The van der Waals surface area contributed by atoms with E-state index in [0.29, 0.717) is 29.8 Å². The standard InChI is InChI=1S/C13H13FN4O2/c1-8-6-9(2-3-10(8)14)11-15-16-17-18(11)7-13(4-5-13)12(19)20/h2-3,6H,4-5,7H2,1H3,(H,19,20). The number of carboxylic acid groups (broad SMARTS) is 1. The number of hydrogen-bond donors (Lipinski definition) is 1. The number of aliphatic carboxylic acids is 1. The van der Waals surface area contributed by atoms with E-state index in [1.54, 1.807) is 19.1 Å². The molecule has 104 valence electrons. The number of halogens is 1. The quantitative estimate of drug-likeness (QED) is 0.918. The van der Waals surface area contributed by atoms with Crippen LogP contribution in [0.2, 0.25) is 0 Å². The lowest BCUT2D eigenvalue weighted by molar-refractivity contribution is -0.144. The predicted molar refractivity (Wildman–Crippen MR) is 67.3 cm³/mol. The zero-order valence-corrected chi connectivity index (χ0v) is 10.9. The highest BCUT2D eigenvalue weighted by Gasteiger charge is 2.51. The Kier molecular flexibility index (Phi) is 2.77. The van der Waals surface area contributed by atoms with E-state index in [-0.39, 0.29) is 12.4 Å². The van der Waals surface area contributed by atoms with Crippen LogP contribution in [0.3, 0.4) is 0 Å². The van der Waals surface area contributed by atoms with Crippen molar-refractivity contribution in [3.05, 3.63) is 29.6 Å². The average molecular weight is 276 g/mol. The van der Waals surface area contributed by atoms with Gasteiger partial charge in [0.2, 0.25) is 0 Å². The van der Waals surface area contributed by atoms with Gasteiger partial charge in [0.1, 0.15) is 5.82 Å². The normalized spacial score (nSPS) is 16.1. The van der Waals surface area contributed by atoms with Crippen molar-refractivity contribution in [2.24, 2.45) is 5.41 Å². The molecule has 1 N–H and O–H groups in total. The summed E-state index contributed by atoms with van der Waals surface area (Å²) in [6.07, 6.45) is 1.26. The van der Waals surface area contributed by atoms with Crippen LogP contribution in [0.5, 0.6) is 0 Å². The zero-order valence-electron chi connectivity index (χ0n) is 10.9. The Balaban J connectivity index is 1.94. The second-order valence-electron chi connectivity index (χ2n) is 5.21. The lowest BCUT2D eigenvalue weighted by Crippen LogP contribution is -2.22. The molecule has 1 heterocycles. The van der Waals surface area contributed by atoms with Gasteiger partial charge in [0.15, 0.2) is 5.82 Å². The van der Waals surface area contributed by atoms with Gasteiger partial charge in [-0.15, -0.1) is 5.10 Å². The fourth-order valence-electron chi connectivity index (χ4n) is 2.18. The molecule has 0 saturated heterocycles. The van der Waals surface area contributed by atoms with Gasteiger partial charge in [-0.25, -0.2) is 9.07 Å². The Hall–Kier alpha value is -2.31. The Morgan fingerprint density at radius 2 is 2.25 bits per heavy atom. The molecule has 1 aromatic carbocycles. The number of tetrazole rings is 1. The minimum Gasteiger partial charge on any atom is -0.481 e. The molecule has 1 aliphatic carbocycles. The van der Waals surface area contributed by atoms with Crippen molar-refractivity contribution >= 4 is 5.97 Å². The van der Waals surface area contributed by atoms with E-state index in [4.69, 9.17) is 0 Å². The number of aryl methyl sites for hydroxylation is 1. The van der Waals surface area contributed by atoms with E-state index in [2.05, 4.69) is 15.5 Å². The van der Waals surface area contributed by atoms with Crippen LogP contribution in [-0.4, -0.2) is 31.3 Å². The van der Waals surface area contributed by atoms with Gasteiger partial charge in [-0.05, 0) is 54.0 Å². The SMILES string of the molecule is Cc1cc(-c2nnnn2CC2(C(=O)O)CC2)ccc1F. The minimum absolute atomic E-state index is 0.237. The van der Waals surface area contributed by atoms with Gasteiger partial charge in [0.05, 0.1) is 12.0 Å². The monoisotopic (exact) mass is 276 g/mol. The Bertz CT molecular complexity index is 679. The molecular weight excluding hydrogens is 263 g/mol. The molecule has 0 atom stereocenters. The van der Waals surface area contributed by atoms with Gasteiger partial charge >= 0.3 is 5.97 Å². The van der Waals surface area contributed by atoms with Crippen molar-refractivity contribution in [2.45, 2.75) is 26.3 Å². The molecule has 2 aromatic rings. The zero-order chi connectivity index (χ0) is 14.3. The van der Waals surface area contributed by atoms with Crippen molar-refractivity contribution in [1.29, 1.82) is 0 Å². The largest absolute Gasteiger partial charge is 0.481 e. The van der Waals surface area contributed by atoms with E-state index in [0.717, 1.165) is 0 Å². The molecule has 0 bridgehead atoms. The average Bonchev–Trinajstić information content (AvgIpc) is 3.05. The molecule has 1 aliphatic rings. The van der Waals surface area contributed by atoms with Crippen molar-refractivity contribution in [3.63, 3.8) is 0 Å². The van der Waals surface area contributed by atoms with Crippen LogP contribution >= 0.6 is 0 Å². The number of hydrogen-bond acceptors (Lipinski definition) is 4. The molecule has 1 saturated carbocycles. The van der Waals surface area contributed by atoms with Crippen molar-refractivity contribution in [2.75, 3.05) is 0 Å². The third-order valence-corrected chi connectivity index (χ3v) is 3.71. The molecule has 3 rings (SSSR count). The molecule has 1 aromatic heterocycles. The summed E-state index contributed by atoms with van der Waals surface area (Å²) in [5.74, 6) is -0.660.